The third-order valence-electron chi connectivity index (χ3n) is 4.50. The van der Waals surface area contributed by atoms with E-state index in [1.54, 1.807) is 0 Å². The van der Waals surface area contributed by atoms with Crippen LogP contribution in [0.15, 0.2) is 18.2 Å². The zero-order chi connectivity index (χ0) is 16.9. The molecule has 0 fully saturated rings. The maximum absolute atomic E-state index is 5.87. The number of rotatable bonds is 14. The minimum Gasteiger partial charge on any atom is -0.491 e. The van der Waals surface area contributed by atoms with Gasteiger partial charge in [-0.25, -0.2) is 0 Å². The lowest BCUT2D eigenvalue weighted by atomic mass is 10.1. The second kappa shape index (κ2) is 12.2. The van der Waals surface area contributed by atoms with Gasteiger partial charge >= 0.3 is 0 Å². The van der Waals surface area contributed by atoms with Crippen LogP contribution in [-0.4, -0.2) is 15.4 Å². The van der Waals surface area contributed by atoms with Crippen LogP contribution in [0.3, 0.4) is 0 Å². The Labute approximate surface area is 151 Å². The van der Waals surface area contributed by atoms with Gasteiger partial charge in [0.15, 0.2) is 0 Å². The molecule has 0 N–H and O–H groups in total. The topological polar surface area (TPSA) is 35.0 Å². The quantitative estimate of drug-likeness (QED) is 0.353. The fourth-order valence-corrected chi connectivity index (χ4v) is 3.56. The largest absolute Gasteiger partial charge is 0.491 e. The molecule has 0 amide bonds. The first-order chi connectivity index (χ1) is 11.9. The van der Waals surface area contributed by atoms with Crippen LogP contribution in [0.25, 0.3) is 11.0 Å². The van der Waals surface area contributed by atoms with Gasteiger partial charge in [0.25, 0.3) is 0 Å². The van der Waals surface area contributed by atoms with Crippen molar-refractivity contribution in [3.8, 4) is 5.75 Å². The monoisotopic (exact) mass is 348 g/mol. The molecular formula is C20H32N2OS. The van der Waals surface area contributed by atoms with Crippen molar-refractivity contribution in [3.05, 3.63) is 18.2 Å². The summed E-state index contributed by atoms with van der Waals surface area (Å²) >= 11 is 1.25. The first-order valence-electron chi connectivity index (χ1n) is 9.76. The third kappa shape index (κ3) is 7.16. The molecule has 1 heterocycles. The van der Waals surface area contributed by atoms with E-state index in [0.717, 1.165) is 29.8 Å². The van der Waals surface area contributed by atoms with E-state index in [1.807, 2.05) is 18.2 Å². The van der Waals surface area contributed by atoms with Crippen LogP contribution in [0.5, 0.6) is 5.75 Å². The SMILES string of the molecule is CCCCCCCCCCCCCCOc1cccc2nsnc12. The molecular weight excluding hydrogens is 316 g/mol. The van der Waals surface area contributed by atoms with Gasteiger partial charge in [-0.2, -0.15) is 8.75 Å². The highest BCUT2D eigenvalue weighted by Gasteiger charge is 2.05. The van der Waals surface area contributed by atoms with Crippen molar-refractivity contribution in [3.63, 3.8) is 0 Å². The molecule has 0 spiro atoms. The van der Waals surface area contributed by atoms with E-state index in [4.69, 9.17) is 4.74 Å². The molecule has 3 nitrogen and oxygen atoms in total. The second-order valence-corrected chi connectivity index (χ2v) is 7.15. The Balaban J connectivity index is 1.41. The molecule has 0 aliphatic rings. The Morgan fingerprint density at radius 1 is 0.792 bits per heavy atom. The highest BCUT2D eigenvalue weighted by Crippen LogP contribution is 2.23. The summed E-state index contributed by atoms with van der Waals surface area (Å²) in [5, 5.41) is 0. The van der Waals surface area contributed by atoms with Crippen LogP contribution in [0.1, 0.15) is 84.0 Å². The van der Waals surface area contributed by atoms with Crippen molar-refractivity contribution in [1.82, 2.24) is 8.75 Å². The lowest BCUT2D eigenvalue weighted by molar-refractivity contribution is 0.307. The van der Waals surface area contributed by atoms with Gasteiger partial charge in [-0.15, -0.1) is 0 Å². The van der Waals surface area contributed by atoms with Gasteiger partial charge in [-0.05, 0) is 18.6 Å². The number of fused-ring (bicyclic) bond motifs is 1. The lowest BCUT2D eigenvalue weighted by Gasteiger charge is -2.06. The van der Waals surface area contributed by atoms with Gasteiger partial charge in [0.2, 0.25) is 0 Å². The van der Waals surface area contributed by atoms with Gasteiger partial charge < -0.3 is 4.74 Å². The fraction of sp³-hybridized carbons (Fsp3) is 0.700. The van der Waals surface area contributed by atoms with Crippen molar-refractivity contribution < 1.29 is 4.74 Å². The molecule has 0 unspecified atom stereocenters. The Bertz CT molecular complexity index is 555. The highest BCUT2D eigenvalue weighted by atomic mass is 32.1. The summed E-state index contributed by atoms with van der Waals surface area (Å²) in [6.07, 6.45) is 16.4. The molecule has 0 saturated carbocycles. The molecule has 1 aromatic heterocycles. The predicted molar refractivity (Wildman–Crippen MR) is 104 cm³/mol. The Kier molecular flexibility index (Phi) is 9.77. The van der Waals surface area contributed by atoms with Crippen LogP contribution in [0.4, 0.5) is 0 Å². The van der Waals surface area contributed by atoms with Gasteiger partial charge in [-0.3, -0.25) is 0 Å². The van der Waals surface area contributed by atoms with E-state index >= 15 is 0 Å². The summed E-state index contributed by atoms with van der Waals surface area (Å²) in [7, 11) is 0. The molecule has 0 bridgehead atoms. The molecule has 0 atom stereocenters. The zero-order valence-corrected chi connectivity index (χ0v) is 16.0. The maximum Gasteiger partial charge on any atom is 0.148 e. The average Bonchev–Trinajstić information content (AvgIpc) is 3.08. The smallest absolute Gasteiger partial charge is 0.148 e. The van der Waals surface area contributed by atoms with Crippen LogP contribution in [0, 0.1) is 0 Å². The molecule has 0 aliphatic carbocycles. The number of nitrogens with zero attached hydrogens (tertiary/aromatic N) is 2. The normalized spacial score (nSPS) is 11.2. The van der Waals surface area contributed by atoms with Gasteiger partial charge in [0.1, 0.15) is 16.8 Å². The fourth-order valence-electron chi connectivity index (χ4n) is 3.02. The van der Waals surface area contributed by atoms with E-state index in [2.05, 4.69) is 15.7 Å². The number of hydrogen-bond acceptors (Lipinski definition) is 4. The summed E-state index contributed by atoms with van der Waals surface area (Å²) < 4.78 is 14.4. The number of hydrogen-bond donors (Lipinski definition) is 0. The molecule has 0 saturated heterocycles. The van der Waals surface area contributed by atoms with Crippen molar-refractivity contribution in [2.24, 2.45) is 0 Å². The summed E-state index contributed by atoms with van der Waals surface area (Å²) in [6, 6.07) is 5.96. The molecule has 24 heavy (non-hydrogen) atoms. The Morgan fingerprint density at radius 3 is 2.08 bits per heavy atom. The van der Waals surface area contributed by atoms with Crippen LogP contribution in [-0.2, 0) is 0 Å². The number of aromatic nitrogens is 2. The van der Waals surface area contributed by atoms with Crippen molar-refractivity contribution in [1.29, 1.82) is 0 Å². The molecule has 2 aromatic rings. The number of unbranched alkanes of at least 4 members (excludes halogenated alkanes) is 11. The van der Waals surface area contributed by atoms with E-state index in [0.29, 0.717) is 0 Å². The van der Waals surface area contributed by atoms with Crippen molar-refractivity contribution in [2.75, 3.05) is 6.61 Å². The van der Waals surface area contributed by atoms with Gasteiger partial charge in [0, 0.05) is 0 Å². The molecule has 134 valence electrons. The van der Waals surface area contributed by atoms with Crippen LogP contribution < -0.4 is 4.74 Å². The average molecular weight is 349 g/mol. The molecule has 1 aromatic carbocycles. The van der Waals surface area contributed by atoms with Crippen LogP contribution >= 0.6 is 11.7 Å². The molecule has 0 radical (unpaired) electrons. The summed E-state index contributed by atoms with van der Waals surface area (Å²) in [5.74, 6) is 0.879. The van der Waals surface area contributed by atoms with E-state index in [1.165, 1.54) is 82.4 Å². The highest BCUT2D eigenvalue weighted by molar-refractivity contribution is 7.00. The predicted octanol–water partition coefficient (Wildman–Crippen LogP) is 6.77. The third-order valence-corrected chi connectivity index (χ3v) is 5.05. The Morgan fingerprint density at radius 2 is 1.42 bits per heavy atom. The summed E-state index contributed by atoms with van der Waals surface area (Å²) in [5.41, 5.74) is 1.84. The van der Waals surface area contributed by atoms with Crippen LogP contribution in [0.2, 0.25) is 0 Å². The first-order valence-corrected chi connectivity index (χ1v) is 10.5. The summed E-state index contributed by atoms with van der Waals surface area (Å²) in [6.45, 7) is 3.07. The van der Waals surface area contributed by atoms with Gasteiger partial charge in [-0.1, -0.05) is 83.6 Å². The van der Waals surface area contributed by atoms with Crippen molar-refractivity contribution >= 4 is 22.8 Å². The second-order valence-electron chi connectivity index (χ2n) is 6.63. The number of ether oxygens (including phenoxy) is 1. The Hall–Kier alpha value is -1.16. The lowest BCUT2D eigenvalue weighted by Crippen LogP contribution is -1.97. The van der Waals surface area contributed by atoms with E-state index in [-0.39, 0.29) is 0 Å². The number of benzene rings is 1. The summed E-state index contributed by atoms with van der Waals surface area (Å²) in [4.78, 5) is 0. The molecule has 0 aliphatic heterocycles. The molecule has 4 heteroatoms. The zero-order valence-electron chi connectivity index (χ0n) is 15.1. The first kappa shape index (κ1) is 19.2. The minimum atomic E-state index is 0.786. The minimum absolute atomic E-state index is 0.786. The van der Waals surface area contributed by atoms with Crippen molar-refractivity contribution in [2.45, 2.75) is 84.0 Å². The van der Waals surface area contributed by atoms with Gasteiger partial charge in [0.05, 0.1) is 18.3 Å². The standard InChI is InChI=1S/C20H32N2OS/c1-2-3-4-5-6-7-8-9-10-11-12-13-17-23-19-16-14-15-18-20(19)22-24-21-18/h14-16H,2-13,17H2,1H3. The molecule has 2 rings (SSSR count). The maximum atomic E-state index is 5.87. The van der Waals surface area contributed by atoms with E-state index < -0.39 is 0 Å². The van der Waals surface area contributed by atoms with E-state index in [9.17, 15) is 0 Å².